The van der Waals surface area contributed by atoms with E-state index in [9.17, 15) is 9.90 Å². The van der Waals surface area contributed by atoms with Gasteiger partial charge in [-0.3, -0.25) is 4.98 Å². The summed E-state index contributed by atoms with van der Waals surface area (Å²) in [5.74, 6) is -0.400. The molecule has 2 aromatic rings. The van der Waals surface area contributed by atoms with Gasteiger partial charge in [0.2, 0.25) is 0 Å². The molecule has 1 N–H and O–H groups in total. The van der Waals surface area contributed by atoms with Crippen molar-refractivity contribution in [2.75, 3.05) is 33.4 Å². The molecule has 1 aromatic carbocycles. The summed E-state index contributed by atoms with van der Waals surface area (Å²) in [6.07, 6.45) is 5.41. The summed E-state index contributed by atoms with van der Waals surface area (Å²) < 4.78 is 5.14. The van der Waals surface area contributed by atoms with E-state index in [0.717, 1.165) is 44.8 Å². The number of aromatic nitrogens is 2. The van der Waals surface area contributed by atoms with Gasteiger partial charge in [-0.2, -0.15) is 0 Å². The maximum atomic E-state index is 11.4. The molecule has 6 nitrogen and oxygen atoms in total. The number of likely N-dealkylation sites (tertiary alicyclic amines) is 1. The predicted molar refractivity (Wildman–Crippen MR) is 94.6 cm³/mol. The van der Waals surface area contributed by atoms with E-state index < -0.39 is 5.97 Å². The van der Waals surface area contributed by atoms with E-state index in [1.807, 2.05) is 6.07 Å². The normalized spacial score (nSPS) is 17.7. The number of benzene rings is 1. The largest absolute Gasteiger partial charge is 0.478 e. The highest BCUT2D eigenvalue weighted by atomic mass is 16.5. The Hall–Kier alpha value is -2.31. The number of carbonyl (C=O) groups is 1. The molecule has 0 amide bonds. The van der Waals surface area contributed by atoms with Crippen molar-refractivity contribution in [1.82, 2.24) is 14.9 Å². The molecule has 1 unspecified atom stereocenters. The molecule has 0 saturated carbocycles. The van der Waals surface area contributed by atoms with Crippen LogP contribution in [0.1, 0.15) is 22.5 Å². The van der Waals surface area contributed by atoms with Crippen LogP contribution in [0, 0.1) is 5.92 Å². The summed E-state index contributed by atoms with van der Waals surface area (Å²) in [7, 11) is 1.73. The lowest BCUT2D eigenvalue weighted by molar-refractivity contribution is 0.0697. The molecule has 6 heteroatoms. The molecular weight excluding hydrogens is 318 g/mol. The minimum Gasteiger partial charge on any atom is -0.478 e. The highest BCUT2D eigenvalue weighted by Crippen LogP contribution is 2.24. The van der Waals surface area contributed by atoms with E-state index in [-0.39, 0.29) is 5.56 Å². The summed E-state index contributed by atoms with van der Waals surface area (Å²) in [6, 6.07) is 6.91. The highest BCUT2D eigenvalue weighted by Gasteiger charge is 2.23. The third-order valence-corrected chi connectivity index (χ3v) is 4.60. The molecule has 1 aliphatic heterocycles. The Morgan fingerprint density at radius 3 is 3.00 bits per heavy atom. The summed E-state index contributed by atoms with van der Waals surface area (Å²) >= 11 is 0. The van der Waals surface area contributed by atoms with Crippen molar-refractivity contribution in [1.29, 1.82) is 0 Å². The minimum absolute atomic E-state index is 0.251. The van der Waals surface area contributed by atoms with Crippen LogP contribution in [0.3, 0.4) is 0 Å². The third kappa shape index (κ3) is 4.41. The number of ether oxygens (including phenoxy) is 1. The van der Waals surface area contributed by atoms with E-state index >= 15 is 0 Å². The SMILES string of the molecule is COCCN1CCC(Cc2cncc(-c3ccccc3C(=O)O)n2)C1. The average Bonchev–Trinajstić information content (AvgIpc) is 3.07. The number of rotatable bonds is 7. The lowest BCUT2D eigenvalue weighted by Crippen LogP contribution is -2.25. The van der Waals surface area contributed by atoms with E-state index in [2.05, 4.69) is 14.9 Å². The molecule has 1 saturated heterocycles. The minimum atomic E-state index is -0.951. The predicted octanol–water partition coefficient (Wildman–Crippen LogP) is 2.35. The van der Waals surface area contributed by atoms with Crippen molar-refractivity contribution in [2.45, 2.75) is 12.8 Å². The fraction of sp³-hybridized carbons (Fsp3) is 0.421. The fourth-order valence-corrected chi connectivity index (χ4v) is 3.33. The van der Waals surface area contributed by atoms with Gasteiger partial charge in [0.1, 0.15) is 0 Å². The number of hydrogen-bond donors (Lipinski definition) is 1. The maximum Gasteiger partial charge on any atom is 0.336 e. The van der Waals surface area contributed by atoms with Crippen molar-refractivity contribution in [3.05, 3.63) is 47.9 Å². The standard InChI is InChI=1S/C19H23N3O3/c1-25-9-8-22-7-6-14(13-22)10-15-11-20-12-18(21-15)16-4-2-3-5-17(16)19(23)24/h2-5,11-12,14H,6-10,13H2,1H3,(H,23,24). The van der Waals surface area contributed by atoms with Crippen LogP contribution in [0.2, 0.25) is 0 Å². The van der Waals surface area contributed by atoms with Gasteiger partial charge in [-0.15, -0.1) is 0 Å². The second kappa shape index (κ2) is 8.18. The highest BCUT2D eigenvalue weighted by molar-refractivity contribution is 5.95. The topological polar surface area (TPSA) is 75.5 Å². The van der Waals surface area contributed by atoms with Gasteiger partial charge in [-0.25, -0.2) is 9.78 Å². The van der Waals surface area contributed by atoms with Crippen LogP contribution < -0.4 is 0 Å². The van der Waals surface area contributed by atoms with Gasteiger partial charge in [0, 0.05) is 32.0 Å². The number of hydrogen-bond acceptors (Lipinski definition) is 5. The molecule has 0 bridgehead atoms. The van der Waals surface area contributed by atoms with Crippen LogP contribution in [-0.2, 0) is 11.2 Å². The molecule has 1 fully saturated rings. The van der Waals surface area contributed by atoms with Crippen molar-refractivity contribution in [2.24, 2.45) is 5.92 Å². The Morgan fingerprint density at radius 2 is 2.20 bits per heavy atom. The molecule has 25 heavy (non-hydrogen) atoms. The van der Waals surface area contributed by atoms with E-state index in [4.69, 9.17) is 4.74 Å². The van der Waals surface area contributed by atoms with Crippen molar-refractivity contribution in [3.63, 3.8) is 0 Å². The molecule has 1 atom stereocenters. The Morgan fingerprint density at radius 1 is 1.36 bits per heavy atom. The van der Waals surface area contributed by atoms with Gasteiger partial charge in [0.15, 0.2) is 0 Å². The van der Waals surface area contributed by atoms with E-state index in [0.29, 0.717) is 17.2 Å². The summed E-state index contributed by atoms with van der Waals surface area (Å²) in [6.45, 7) is 3.85. The maximum absolute atomic E-state index is 11.4. The molecule has 3 rings (SSSR count). The van der Waals surface area contributed by atoms with Crippen molar-refractivity contribution in [3.8, 4) is 11.3 Å². The van der Waals surface area contributed by atoms with E-state index in [1.54, 1.807) is 37.7 Å². The number of carboxylic acids is 1. The van der Waals surface area contributed by atoms with Crippen LogP contribution in [0.4, 0.5) is 0 Å². The molecule has 0 radical (unpaired) electrons. The summed E-state index contributed by atoms with van der Waals surface area (Å²) in [5, 5.41) is 9.36. The van der Waals surface area contributed by atoms with Crippen LogP contribution in [-0.4, -0.2) is 59.3 Å². The van der Waals surface area contributed by atoms with Crippen molar-refractivity contribution < 1.29 is 14.6 Å². The zero-order valence-corrected chi connectivity index (χ0v) is 14.4. The first-order chi connectivity index (χ1) is 12.2. The first-order valence-electron chi connectivity index (χ1n) is 8.52. The van der Waals surface area contributed by atoms with E-state index in [1.165, 1.54) is 0 Å². The fourth-order valence-electron chi connectivity index (χ4n) is 3.33. The molecule has 2 heterocycles. The second-order valence-electron chi connectivity index (χ2n) is 6.40. The number of nitrogens with zero attached hydrogens (tertiary/aromatic N) is 3. The van der Waals surface area contributed by atoms with Crippen LogP contribution in [0.15, 0.2) is 36.7 Å². The van der Waals surface area contributed by atoms with Gasteiger partial charge in [-0.1, -0.05) is 18.2 Å². The Kier molecular flexibility index (Phi) is 5.73. The first kappa shape index (κ1) is 17.5. The number of carboxylic acid groups (broad SMARTS) is 1. The van der Waals surface area contributed by atoms with Gasteiger partial charge in [0.05, 0.1) is 29.8 Å². The van der Waals surface area contributed by atoms with Crippen molar-refractivity contribution >= 4 is 5.97 Å². The Balaban J connectivity index is 1.72. The first-order valence-corrected chi connectivity index (χ1v) is 8.52. The average molecular weight is 341 g/mol. The molecule has 0 aliphatic carbocycles. The molecule has 0 spiro atoms. The van der Waals surface area contributed by atoms with Gasteiger partial charge in [0.25, 0.3) is 0 Å². The second-order valence-corrected chi connectivity index (χ2v) is 6.40. The lowest BCUT2D eigenvalue weighted by Gasteiger charge is -2.15. The zero-order chi connectivity index (χ0) is 17.6. The third-order valence-electron chi connectivity index (χ3n) is 4.60. The monoisotopic (exact) mass is 341 g/mol. The quantitative estimate of drug-likeness (QED) is 0.833. The lowest BCUT2D eigenvalue weighted by atomic mass is 10.0. The van der Waals surface area contributed by atoms with Crippen LogP contribution in [0.25, 0.3) is 11.3 Å². The summed E-state index contributed by atoms with van der Waals surface area (Å²) in [4.78, 5) is 22.8. The van der Waals surface area contributed by atoms with Gasteiger partial charge in [-0.05, 0) is 31.4 Å². The number of aromatic carboxylic acids is 1. The smallest absolute Gasteiger partial charge is 0.336 e. The van der Waals surface area contributed by atoms with Crippen LogP contribution in [0.5, 0.6) is 0 Å². The van der Waals surface area contributed by atoms with Crippen LogP contribution >= 0.6 is 0 Å². The van der Waals surface area contributed by atoms with Gasteiger partial charge < -0.3 is 14.7 Å². The molecule has 1 aromatic heterocycles. The Labute approximate surface area is 147 Å². The molecule has 1 aliphatic rings. The zero-order valence-electron chi connectivity index (χ0n) is 14.4. The van der Waals surface area contributed by atoms with Gasteiger partial charge >= 0.3 is 5.97 Å². The summed E-state index contributed by atoms with van der Waals surface area (Å²) in [5.41, 5.74) is 2.39. The molecular formula is C19H23N3O3. The number of methoxy groups -OCH3 is 1. The molecule has 132 valence electrons. The Bertz CT molecular complexity index is 735.